The number of nitrogens with one attached hydrogen (secondary N) is 1. The average Bonchev–Trinajstić information content (AvgIpc) is 2.01. The third-order valence-corrected chi connectivity index (χ3v) is 1.59. The van der Waals surface area contributed by atoms with Crippen molar-refractivity contribution in [1.82, 2.24) is 5.32 Å². The largest absolute Gasteiger partial charge is 0.313 e. The van der Waals surface area contributed by atoms with E-state index in [0.29, 0.717) is 0 Å². The van der Waals surface area contributed by atoms with E-state index in [2.05, 4.69) is 29.6 Å². The maximum absolute atomic E-state index is 3.33. The van der Waals surface area contributed by atoms with Crippen LogP contribution >= 0.6 is 0 Å². The molecule has 0 fully saturated rings. The van der Waals surface area contributed by atoms with Crippen LogP contribution in [0.1, 0.15) is 19.3 Å². The Morgan fingerprint density at radius 2 is 1.90 bits per heavy atom. The van der Waals surface area contributed by atoms with Crippen molar-refractivity contribution in [2.45, 2.75) is 19.3 Å². The molecular weight excluding hydrogens is 122 g/mol. The quantitative estimate of drug-likeness (QED) is 0.503. The van der Waals surface area contributed by atoms with Gasteiger partial charge in [-0.25, -0.2) is 0 Å². The fraction of sp³-hybridized carbons (Fsp3) is 0.556. The molecule has 1 nitrogen and oxygen atoms in total. The molecule has 0 spiro atoms. The van der Waals surface area contributed by atoms with Crippen molar-refractivity contribution in [3.63, 3.8) is 0 Å². The van der Waals surface area contributed by atoms with Crippen LogP contribution in [0, 0.1) is 0 Å². The van der Waals surface area contributed by atoms with Crippen molar-refractivity contribution < 1.29 is 0 Å². The van der Waals surface area contributed by atoms with E-state index in [-0.39, 0.29) is 0 Å². The van der Waals surface area contributed by atoms with Crippen LogP contribution in [0.15, 0.2) is 24.3 Å². The molecule has 0 aromatic heterocycles. The van der Waals surface area contributed by atoms with Crippen molar-refractivity contribution in [2.24, 2.45) is 0 Å². The van der Waals surface area contributed by atoms with Gasteiger partial charge in [-0.2, -0.15) is 0 Å². The van der Waals surface area contributed by atoms with E-state index in [4.69, 9.17) is 0 Å². The van der Waals surface area contributed by atoms with Gasteiger partial charge in [0.25, 0.3) is 0 Å². The zero-order valence-electron chi connectivity index (χ0n) is 6.34. The topological polar surface area (TPSA) is 12.0 Å². The molecule has 0 radical (unpaired) electrons. The summed E-state index contributed by atoms with van der Waals surface area (Å²) in [5.74, 6) is 0. The fourth-order valence-corrected chi connectivity index (χ4v) is 1.00. The predicted octanol–water partition coefficient (Wildman–Crippen LogP) is 1.87. The maximum atomic E-state index is 3.33. The smallest absolute Gasteiger partial charge is 0.0135 e. The molecule has 0 saturated carbocycles. The van der Waals surface area contributed by atoms with Gasteiger partial charge in [0.1, 0.15) is 0 Å². The van der Waals surface area contributed by atoms with Crippen LogP contribution < -0.4 is 5.32 Å². The van der Waals surface area contributed by atoms with Crippen molar-refractivity contribution in [1.29, 1.82) is 0 Å². The number of hydrogen-bond acceptors (Lipinski definition) is 1. The van der Waals surface area contributed by atoms with Gasteiger partial charge in [0.2, 0.25) is 0 Å². The van der Waals surface area contributed by atoms with E-state index < -0.39 is 0 Å². The Hall–Kier alpha value is -0.560. The Balaban J connectivity index is 2.25. The molecular formula is C9H15N. The Morgan fingerprint density at radius 3 is 2.90 bits per heavy atom. The molecule has 0 saturated heterocycles. The van der Waals surface area contributed by atoms with Gasteiger partial charge in [0.15, 0.2) is 0 Å². The first-order valence-corrected chi connectivity index (χ1v) is 4.01. The minimum atomic E-state index is 1.04. The molecule has 0 aliphatic carbocycles. The molecule has 0 aromatic carbocycles. The second-order valence-electron chi connectivity index (χ2n) is 2.52. The van der Waals surface area contributed by atoms with Gasteiger partial charge in [0, 0.05) is 6.54 Å². The first kappa shape index (κ1) is 7.55. The Labute approximate surface area is 62.8 Å². The van der Waals surface area contributed by atoms with Crippen molar-refractivity contribution in [2.75, 3.05) is 13.1 Å². The first-order chi connectivity index (χ1) is 5.00. The summed E-state index contributed by atoms with van der Waals surface area (Å²) in [5, 5.41) is 3.33. The molecule has 1 aliphatic heterocycles. The Kier molecular flexibility index (Phi) is 3.96. The highest BCUT2D eigenvalue weighted by molar-refractivity contribution is 4.94. The van der Waals surface area contributed by atoms with Crippen LogP contribution in [0.3, 0.4) is 0 Å². The Bertz CT molecular complexity index is 111. The molecule has 10 heavy (non-hydrogen) atoms. The highest BCUT2D eigenvalue weighted by Gasteiger charge is 1.84. The standard InChI is InChI=1S/C9H15N/c1-2-4-6-8-10-9-7-5-3-1/h1-2,5,7,10H,3-4,6,8-9H2/b2-1?,7-5-. The van der Waals surface area contributed by atoms with Crippen LogP contribution in [0.4, 0.5) is 0 Å². The van der Waals surface area contributed by atoms with Gasteiger partial charge >= 0.3 is 0 Å². The molecule has 1 N–H and O–H groups in total. The van der Waals surface area contributed by atoms with Gasteiger partial charge in [0.05, 0.1) is 0 Å². The van der Waals surface area contributed by atoms with Crippen LogP contribution in [0.5, 0.6) is 0 Å². The number of hydrogen-bond donors (Lipinski definition) is 1. The minimum Gasteiger partial charge on any atom is -0.313 e. The molecule has 1 aliphatic rings. The van der Waals surface area contributed by atoms with Crippen LogP contribution in [-0.4, -0.2) is 13.1 Å². The van der Waals surface area contributed by atoms with Crippen LogP contribution in [-0.2, 0) is 0 Å². The van der Waals surface area contributed by atoms with E-state index in [1.54, 1.807) is 0 Å². The number of allylic oxidation sites excluding steroid dienone is 3. The lowest BCUT2D eigenvalue weighted by molar-refractivity contribution is 0.698. The molecule has 0 unspecified atom stereocenters. The second-order valence-corrected chi connectivity index (χ2v) is 2.52. The molecule has 0 amide bonds. The summed E-state index contributed by atoms with van der Waals surface area (Å²) in [6.45, 7) is 2.18. The number of rotatable bonds is 0. The summed E-state index contributed by atoms with van der Waals surface area (Å²) in [5.41, 5.74) is 0. The van der Waals surface area contributed by atoms with E-state index in [0.717, 1.165) is 19.5 Å². The van der Waals surface area contributed by atoms with Crippen LogP contribution in [0.2, 0.25) is 0 Å². The molecule has 1 rings (SSSR count). The monoisotopic (exact) mass is 137 g/mol. The lowest BCUT2D eigenvalue weighted by atomic mass is 10.2. The van der Waals surface area contributed by atoms with Gasteiger partial charge in [-0.15, -0.1) is 0 Å². The summed E-state index contributed by atoms with van der Waals surface area (Å²) < 4.78 is 0. The maximum Gasteiger partial charge on any atom is 0.0135 e. The molecule has 1 heteroatoms. The summed E-state index contributed by atoms with van der Waals surface area (Å²) in [6.07, 6.45) is 12.5. The SMILES string of the molecule is C1=CCCCNC/C=C\C1. The van der Waals surface area contributed by atoms with E-state index in [1.165, 1.54) is 12.8 Å². The second kappa shape index (κ2) is 5.24. The summed E-state index contributed by atoms with van der Waals surface area (Å²) in [6, 6.07) is 0. The van der Waals surface area contributed by atoms with Crippen molar-refractivity contribution >= 4 is 0 Å². The highest BCUT2D eigenvalue weighted by Crippen LogP contribution is 1.94. The van der Waals surface area contributed by atoms with Gasteiger partial charge in [-0.05, 0) is 25.8 Å². The minimum absolute atomic E-state index is 1.04. The zero-order chi connectivity index (χ0) is 7.07. The lowest BCUT2D eigenvalue weighted by Crippen LogP contribution is -2.14. The highest BCUT2D eigenvalue weighted by atomic mass is 14.8. The van der Waals surface area contributed by atoms with Gasteiger partial charge < -0.3 is 5.32 Å². The average molecular weight is 137 g/mol. The van der Waals surface area contributed by atoms with E-state index >= 15 is 0 Å². The summed E-state index contributed by atoms with van der Waals surface area (Å²) in [7, 11) is 0. The Morgan fingerprint density at radius 1 is 1.00 bits per heavy atom. The molecule has 0 bridgehead atoms. The summed E-state index contributed by atoms with van der Waals surface area (Å²) >= 11 is 0. The third kappa shape index (κ3) is 3.46. The zero-order valence-corrected chi connectivity index (χ0v) is 6.34. The van der Waals surface area contributed by atoms with Crippen molar-refractivity contribution in [3.8, 4) is 0 Å². The third-order valence-electron chi connectivity index (χ3n) is 1.59. The van der Waals surface area contributed by atoms with E-state index in [1.807, 2.05) is 0 Å². The predicted molar refractivity (Wildman–Crippen MR) is 45.0 cm³/mol. The van der Waals surface area contributed by atoms with E-state index in [9.17, 15) is 0 Å². The lowest BCUT2D eigenvalue weighted by Gasteiger charge is -1.99. The fourth-order valence-electron chi connectivity index (χ4n) is 1.00. The normalized spacial score (nSPS) is 24.0. The molecule has 1 heterocycles. The first-order valence-electron chi connectivity index (χ1n) is 4.01. The summed E-state index contributed by atoms with van der Waals surface area (Å²) in [4.78, 5) is 0. The van der Waals surface area contributed by atoms with Crippen molar-refractivity contribution in [3.05, 3.63) is 24.3 Å². The molecule has 0 atom stereocenters. The molecule has 0 aromatic rings. The molecule has 56 valence electrons. The van der Waals surface area contributed by atoms with Gasteiger partial charge in [-0.3, -0.25) is 0 Å². The van der Waals surface area contributed by atoms with Crippen LogP contribution in [0.25, 0.3) is 0 Å². The van der Waals surface area contributed by atoms with Gasteiger partial charge in [-0.1, -0.05) is 24.3 Å².